The van der Waals surface area contributed by atoms with Crippen LogP contribution in [0.15, 0.2) is 33.5 Å². The average molecular weight is 314 g/mol. The minimum atomic E-state index is -0.488. The molecule has 118 valence electrons. The van der Waals surface area contributed by atoms with Gasteiger partial charge in [-0.3, -0.25) is 4.79 Å². The molecule has 8 nitrogen and oxygen atoms in total. The molecule has 0 saturated heterocycles. The highest BCUT2D eigenvalue weighted by Crippen LogP contribution is 2.21. The summed E-state index contributed by atoms with van der Waals surface area (Å²) in [6.45, 7) is 1.82. The second-order valence-corrected chi connectivity index (χ2v) is 4.96. The van der Waals surface area contributed by atoms with Gasteiger partial charge in [0.15, 0.2) is 0 Å². The van der Waals surface area contributed by atoms with E-state index in [4.69, 9.17) is 9.15 Å². The van der Waals surface area contributed by atoms with Crippen molar-refractivity contribution in [2.24, 2.45) is 7.05 Å². The smallest absolute Gasteiger partial charge is 0.336 e. The standard InChI is InChI=1S/C15H14N4O4/c1-8-6-12(20)23-11-7-9(4-5-10(8)11)16-14(21)13-17-15(22-3)19(2)18-13/h4-7H,1-3H3,(H,16,21). The normalized spacial score (nSPS) is 10.7. The predicted octanol–water partition coefficient (Wildman–Crippen LogP) is 1.49. The third kappa shape index (κ3) is 2.78. The Hall–Kier alpha value is -3.16. The molecule has 8 heteroatoms. The van der Waals surface area contributed by atoms with Gasteiger partial charge in [-0.1, -0.05) is 0 Å². The number of fused-ring (bicyclic) bond motifs is 1. The van der Waals surface area contributed by atoms with E-state index >= 15 is 0 Å². The van der Waals surface area contributed by atoms with Crippen LogP contribution in [0.1, 0.15) is 16.2 Å². The van der Waals surface area contributed by atoms with Gasteiger partial charge >= 0.3 is 11.6 Å². The number of nitrogens with zero attached hydrogens (tertiary/aromatic N) is 3. The van der Waals surface area contributed by atoms with E-state index < -0.39 is 11.5 Å². The number of ether oxygens (including phenoxy) is 1. The van der Waals surface area contributed by atoms with Crippen molar-refractivity contribution in [1.82, 2.24) is 14.8 Å². The average Bonchev–Trinajstić information content (AvgIpc) is 2.88. The Kier molecular flexibility index (Phi) is 3.57. The van der Waals surface area contributed by atoms with Crippen LogP contribution in [-0.2, 0) is 7.05 Å². The summed E-state index contributed by atoms with van der Waals surface area (Å²) in [5.74, 6) is -0.506. The number of aromatic nitrogens is 3. The molecule has 1 amide bonds. The van der Waals surface area contributed by atoms with Crippen molar-refractivity contribution in [1.29, 1.82) is 0 Å². The Bertz CT molecular complexity index is 958. The van der Waals surface area contributed by atoms with Crippen LogP contribution < -0.4 is 15.7 Å². The molecule has 2 heterocycles. The molecule has 0 aliphatic rings. The number of benzene rings is 1. The van der Waals surface area contributed by atoms with Gasteiger partial charge in [0.05, 0.1) is 7.11 Å². The van der Waals surface area contributed by atoms with Gasteiger partial charge in [-0.2, -0.15) is 4.98 Å². The van der Waals surface area contributed by atoms with Crippen molar-refractivity contribution >= 4 is 22.6 Å². The summed E-state index contributed by atoms with van der Waals surface area (Å²) in [4.78, 5) is 27.6. The minimum Gasteiger partial charge on any atom is -0.467 e. The molecule has 1 aromatic carbocycles. The van der Waals surface area contributed by atoms with E-state index in [9.17, 15) is 9.59 Å². The van der Waals surface area contributed by atoms with Crippen LogP contribution in [-0.4, -0.2) is 27.8 Å². The van der Waals surface area contributed by atoms with Crippen molar-refractivity contribution in [3.8, 4) is 6.01 Å². The highest BCUT2D eigenvalue weighted by molar-refractivity contribution is 6.02. The predicted molar refractivity (Wildman–Crippen MR) is 82.7 cm³/mol. The maximum atomic E-state index is 12.2. The molecule has 3 aromatic rings. The van der Waals surface area contributed by atoms with Crippen LogP contribution in [0.3, 0.4) is 0 Å². The maximum Gasteiger partial charge on any atom is 0.336 e. The highest BCUT2D eigenvalue weighted by atomic mass is 16.5. The lowest BCUT2D eigenvalue weighted by molar-refractivity contribution is 0.101. The molecule has 2 aromatic heterocycles. The fourth-order valence-electron chi connectivity index (χ4n) is 2.23. The zero-order valence-electron chi connectivity index (χ0n) is 12.8. The second-order valence-electron chi connectivity index (χ2n) is 4.96. The Balaban J connectivity index is 1.91. The molecule has 23 heavy (non-hydrogen) atoms. The van der Waals surface area contributed by atoms with Crippen molar-refractivity contribution in [3.05, 3.63) is 46.1 Å². The number of amides is 1. The molecule has 0 atom stereocenters. The Morgan fingerprint density at radius 1 is 1.35 bits per heavy atom. The van der Waals surface area contributed by atoms with Crippen LogP contribution in [0, 0.1) is 6.92 Å². The fourth-order valence-corrected chi connectivity index (χ4v) is 2.23. The van der Waals surface area contributed by atoms with E-state index in [0.717, 1.165) is 10.9 Å². The summed E-state index contributed by atoms with van der Waals surface area (Å²) in [5.41, 5.74) is 1.25. The molecule has 3 rings (SSSR count). The number of hydrogen-bond donors (Lipinski definition) is 1. The van der Waals surface area contributed by atoms with Crippen LogP contribution in [0.2, 0.25) is 0 Å². The SMILES string of the molecule is COc1nc(C(=O)Nc2ccc3c(C)cc(=O)oc3c2)nn1C. The van der Waals surface area contributed by atoms with Gasteiger partial charge in [0.1, 0.15) is 5.58 Å². The molecule has 0 spiro atoms. The monoisotopic (exact) mass is 314 g/mol. The van der Waals surface area contributed by atoms with Gasteiger partial charge in [-0.25, -0.2) is 9.48 Å². The van der Waals surface area contributed by atoms with E-state index in [0.29, 0.717) is 11.3 Å². The second kappa shape index (κ2) is 5.56. The minimum absolute atomic E-state index is 0.0184. The molecule has 0 bridgehead atoms. The number of carbonyl (C=O) groups is 1. The van der Waals surface area contributed by atoms with Gasteiger partial charge < -0.3 is 14.5 Å². The first-order valence-corrected chi connectivity index (χ1v) is 6.79. The largest absolute Gasteiger partial charge is 0.467 e. The van der Waals surface area contributed by atoms with Crippen molar-refractivity contribution in [3.63, 3.8) is 0 Å². The first kappa shape index (κ1) is 14.8. The van der Waals surface area contributed by atoms with E-state index in [1.54, 1.807) is 25.2 Å². The summed E-state index contributed by atoms with van der Waals surface area (Å²) >= 11 is 0. The number of methoxy groups -OCH3 is 1. The third-order valence-corrected chi connectivity index (χ3v) is 3.32. The molecule has 0 unspecified atom stereocenters. The first-order valence-electron chi connectivity index (χ1n) is 6.79. The summed E-state index contributed by atoms with van der Waals surface area (Å²) in [5, 5.41) is 7.43. The van der Waals surface area contributed by atoms with Gasteiger partial charge in [0.2, 0.25) is 5.82 Å². The zero-order valence-corrected chi connectivity index (χ0v) is 12.8. The van der Waals surface area contributed by atoms with Crippen molar-refractivity contribution in [2.45, 2.75) is 6.92 Å². The van der Waals surface area contributed by atoms with Crippen LogP contribution >= 0.6 is 0 Å². The number of nitrogens with one attached hydrogen (secondary N) is 1. The topological polar surface area (TPSA) is 99.2 Å². The van der Waals surface area contributed by atoms with E-state index in [1.165, 1.54) is 17.9 Å². The Morgan fingerprint density at radius 3 is 2.83 bits per heavy atom. The lowest BCUT2D eigenvalue weighted by atomic mass is 10.1. The lowest BCUT2D eigenvalue weighted by Crippen LogP contribution is -2.14. The quantitative estimate of drug-likeness (QED) is 0.735. The zero-order chi connectivity index (χ0) is 16.6. The molecule has 0 aliphatic heterocycles. The molecule has 0 fully saturated rings. The number of anilines is 1. The molecule has 0 saturated carbocycles. The van der Waals surface area contributed by atoms with E-state index in [-0.39, 0.29) is 11.8 Å². The van der Waals surface area contributed by atoms with Crippen molar-refractivity contribution < 1.29 is 13.9 Å². The highest BCUT2D eigenvalue weighted by Gasteiger charge is 2.15. The third-order valence-electron chi connectivity index (χ3n) is 3.32. The van der Waals surface area contributed by atoms with E-state index in [1.807, 2.05) is 6.92 Å². The lowest BCUT2D eigenvalue weighted by Gasteiger charge is -2.05. The van der Waals surface area contributed by atoms with Gasteiger partial charge in [-0.15, -0.1) is 5.10 Å². The van der Waals surface area contributed by atoms with Crippen molar-refractivity contribution in [2.75, 3.05) is 12.4 Å². The molecular weight excluding hydrogens is 300 g/mol. The summed E-state index contributed by atoms with van der Waals surface area (Å²) in [7, 11) is 3.06. The van der Waals surface area contributed by atoms with Gasteiger partial charge in [0.25, 0.3) is 5.91 Å². The Labute approximate surface area is 130 Å². The molecule has 1 N–H and O–H groups in total. The molecular formula is C15H14N4O4. The Morgan fingerprint density at radius 2 is 2.13 bits per heavy atom. The number of hydrogen-bond acceptors (Lipinski definition) is 6. The summed E-state index contributed by atoms with van der Waals surface area (Å²) < 4.78 is 11.5. The number of carbonyl (C=O) groups excluding carboxylic acids is 1. The first-order chi connectivity index (χ1) is 11.0. The molecule has 0 radical (unpaired) electrons. The molecule has 0 aliphatic carbocycles. The number of rotatable bonds is 3. The summed E-state index contributed by atoms with van der Waals surface area (Å²) in [6.07, 6.45) is 0. The number of aryl methyl sites for hydroxylation is 2. The maximum absolute atomic E-state index is 12.2. The van der Waals surface area contributed by atoms with Gasteiger partial charge in [-0.05, 0) is 24.6 Å². The van der Waals surface area contributed by atoms with Crippen LogP contribution in [0.4, 0.5) is 5.69 Å². The fraction of sp³-hybridized carbons (Fsp3) is 0.200. The van der Waals surface area contributed by atoms with Crippen LogP contribution in [0.5, 0.6) is 6.01 Å². The van der Waals surface area contributed by atoms with Crippen LogP contribution in [0.25, 0.3) is 11.0 Å². The van der Waals surface area contributed by atoms with E-state index in [2.05, 4.69) is 15.4 Å². The summed E-state index contributed by atoms with van der Waals surface area (Å²) in [6, 6.07) is 6.73. The van der Waals surface area contributed by atoms with Gasteiger partial charge in [0, 0.05) is 30.3 Å².